The van der Waals surface area contributed by atoms with Gasteiger partial charge in [0, 0.05) is 12.7 Å². The number of phenols is 1. The number of halogens is 2. The van der Waals surface area contributed by atoms with Crippen LogP contribution in [0.5, 0.6) is 5.75 Å². The van der Waals surface area contributed by atoms with Crippen LogP contribution in [0.3, 0.4) is 0 Å². The number of amides is 1. The van der Waals surface area contributed by atoms with Crippen LogP contribution in [0.25, 0.3) is 22.3 Å². The summed E-state index contributed by atoms with van der Waals surface area (Å²) in [6, 6.07) is 22.1. The lowest BCUT2D eigenvalue weighted by molar-refractivity contribution is 0.0925. The molecular formula is C31H25ClFN3O5S. The summed E-state index contributed by atoms with van der Waals surface area (Å²) in [5, 5.41) is 17.3. The van der Waals surface area contributed by atoms with Crippen molar-refractivity contribution in [3.8, 4) is 28.0 Å². The van der Waals surface area contributed by atoms with Gasteiger partial charge in [-0.3, -0.25) is 4.79 Å². The van der Waals surface area contributed by atoms with Crippen LogP contribution in [0.15, 0.2) is 94.3 Å². The number of hydrogen-bond acceptors (Lipinski definition) is 7. The fraction of sp³-hybridized carbons (Fsp3) is 0.129. The molecular weight excluding hydrogens is 581 g/mol. The first-order valence-electron chi connectivity index (χ1n) is 12.8. The molecule has 0 aliphatic heterocycles. The van der Waals surface area contributed by atoms with Gasteiger partial charge in [0.2, 0.25) is 5.89 Å². The smallest absolute Gasteiger partial charge is 0.255 e. The van der Waals surface area contributed by atoms with Gasteiger partial charge in [-0.25, -0.2) is 12.8 Å². The first-order chi connectivity index (χ1) is 20.0. The second-order valence-electron chi connectivity index (χ2n) is 9.76. The monoisotopic (exact) mass is 605 g/mol. The number of nitrogens with zero attached hydrogens (tertiary/aromatic N) is 2. The number of carbonyl (C=O) groups excluding carboxylic acids is 1. The second-order valence-corrected chi connectivity index (χ2v) is 12.2. The number of hydrogen-bond donors (Lipinski definition) is 2. The summed E-state index contributed by atoms with van der Waals surface area (Å²) in [5.74, 6) is -0.698. The van der Waals surface area contributed by atoms with E-state index in [0.717, 1.165) is 22.9 Å². The molecule has 1 amide bonds. The minimum absolute atomic E-state index is 0.0180. The molecule has 0 spiro atoms. The molecule has 0 saturated heterocycles. The van der Waals surface area contributed by atoms with Gasteiger partial charge in [0.1, 0.15) is 17.6 Å². The molecule has 8 nitrogen and oxygen atoms in total. The number of benzene rings is 4. The van der Waals surface area contributed by atoms with Gasteiger partial charge in [-0.1, -0.05) is 65.3 Å². The molecule has 11 heteroatoms. The quantitative estimate of drug-likeness (QED) is 0.212. The number of aryl methyl sites for hydroxylation is 1. The fourth-order valence-electron chi connectivity index (χ4n) is 4.43. The van der Waals surface area contributed by atoms with Gasteiger partial charge in [0.25, 0.3) is 5.91 Å². The van der Waals surface area contributed by atoms with Gasteiger partial charge >= 0.3 is 0 Å². The van der Waals surface area contributed by atoms with Crippen molar-refractivity contribution < 1.29 is 27.2 Å². The predicted molar refractivity (Wildman–Crippen MR) is 156 cm³/mol. The van der Waals surface area contributed by atoms with Gasteiger partial charge < -0.3 is 14.9 Å². The van der Waals surface area contributed by atoms with Crippen molar-refractivity contribution in [3.63, 3.8) is 0 Å². The molecule has 5 rings (SSSR count). The van der Waals surface area contributed by atoms with E-state index in [1.54, 1.807) is 37.3 Å². The van der Waals surface area contributed by atoms with Crippen molar-refractivity contribution in [2.45, 2.75) is 24.3 Å². The lowest BCUT2D eigenvalue weighted by atomic mass is 9.99. The van der Waals surface area contributed by atoms with Crippen molar-refractivity contribution in [1.29, 1.82) is 0 Å². The summed E-state index contributed by atoms with van der Waals surface area (Å²) in [6.45, 7) is 1.67. The van der Waals surface area contributed by atoms with Crippen LogP contribution in [0.2, 0.25) is 5.02 Å². The van der Waals surface area contributed by atoms with Crippen molar-refractivity contribution in [2.24, 2.45) is 0 Å². The Balaban J connectivity index is 1.39. The maximum Gasteiger partial charge on any atom is 0.255 e. The molecule has 1 heterocycles. The van der Waals surface area contributed by atoms with Crippen LogP contribution in [-0.2, 0) is 16.3 Å². The van der Waals surface area contributed by atoms with Crippen molar-refractivity contribution in [3.05, 3.63) is 119 Å². The highest BCUT2D eigenvalue weighted by atomic mass is 35.5. The molecule has 42 heavy (non-hydrogen) atoms. The van der Waals surface area contributed by atoms with Gasteiger partial charge in [0.15, 0.2) is 15.7 Å². The van der Waals surface area contributed by atoms with Crippen LogP contribution < -0.4 is 5.32 Å². The number of nitrogens with one attached hydrogen (secondary N) is 1. The Hall–Kier alpha value is -4.54. The van der Waals surface area contributed by atoms with Gasteiger partial charge in [-0.2, -0.15) is 4.98 Å². The Morgan fingerprint density at radius 1 is 0.952 bits per heavy atom. The second kappa shape index (κ2) is 11.8. The highest BCUT2D eigenvalue weighted by Crippen LogP contribution is 2.29. The number of phenolic OH excluding ortho intramolecular Hbond substituents is 1. The molecule has 0 aliphatic carbocycles. The molecule has 0 bridgehead atoms. The Kier molecular flexibility index (Phi) is 8.11. The SMILES string of the molecule is Cc1noc([C@@H](Cc2ccc(-c3ccc(F)c(Cl)c3)cc2)NC(=O)c2cc(-c3ccc(S(C)(=O)=O)cc3)ccc2O)n1. The molecule has 5 aromatic rings. The number of aromatic nitrogens is 2. The van der Waals surface area contributed by atoms with Crippen LogP contribution >= 0.6 is 11.6 Å². The van der Waals surface area contributed by atoms with E-state index >= 15 is 0 Å². The molecule has 0 fully saturated rings. The van der Waals surface area contributed by atoms with E-state index < -0.39 is 27.6 Å². The molecule has 214 valence electrons. The van der Waals surface area contributed by atoms with E-state index in [-0.39, 0.29) is 27.1 Å². The third kappa shape index (κ3) is 6.50. The lowest BCUT2D eigenvalue weighted by Crippen LogP contribution is -2.30. The molecule has 0 unspecified atom stereocenters. The minimum Gasteiger partial charge on any atom is -0.507 e. The summed E-state index contributed by atoms with van der Waals surface area (Å²) in [5.41, 5.74) is 3.73. The Morgan fingerprint density at radius 2 is 1.55 bits per heavy atom. The van der Waals surface area contributed by atoms with Gasteiger partial charge in [0.05, 0.1) is 15.5 Å². The van der Waals surface area contributed by atoms with E-state index in [1.165, 1.54) is 30.3 Å². The maximum atomic E-state index is 13.6. The van der Waals surface area contributed by atoms with E-state index in [9.17, 15) is 22.7 Å². The van der Waals surface area contributed by atoms with Gasteiger partial charge in [-0.05, 0) is 71.1 Å². The average molecular weight is 606 g/mol. The van der Waals surface area contributed by atoms with Crippen LogP contribution in [0.4, 0.5) is 4.39 Å². The third-order valence-corrected chi connectivity index (χ3v) is 8.07. The summed E-state index contributed by atoms with van der Waals surface area (Å²) >= 11 is 5.93. The lowest BCUT2D eigenvalue weighted by Gasteiger charge is -2.17. The minimum atomic E-state index is -3.36. The number of sulfone groups is 1. The summed E-state index contributed by atoms with van der Waals surface area (Å²) in [6.07, 6.45) is 1.42. The zero-order chi connectivity index (χ0) is 30.0. The molecule has 0 radical (unpaired) electrons. The highest BCUT2D eigenvalue weighted by molar-refractivity contribution is 7.90. The zero-order valence-electron chi connectivity index (χ0n) is 22.5. The van der Waals surface area contributed by atoms with E-state index in [1.807, 2.05) is 24.3 Å². The van der Waals surface area contributed by atoms with E-state index in [4.69, 9.17) is 16.1 Å². The molecule has 1 aromatic heterocycles. The molecule has 0 aliphatic rings. The summed E-state index contributed by atoms with van der Waals surface area (Å²) in [7, 11) is -3.36. The molecule has 1 atom stereocenters. The number of carbonyl (C=O) groups is 1. The largest absolute Gasteiger partial charge is 0.507 e. The van der Waals surface area contributed by atoms with Crippen molar-refractivity contribution >= 4 is 27.3 Å². The Labute approximate surface area is 246 Å². The third-order valence-electron chi connectivity index (χ3n) is 6.65. The highest BCUT2D eigenvalue weighted by Gasteiger charge is 2.24. The zero-order valence-corrected chi connectivity index (χ0v) is 24.1. The number of rotatable bonds is 8. The Bertz CT molecular complexity index is 1870. The summed E-state index contributed by atoms with van der Waals surface area (Å²) in [4.78, 5) is 17.9. The average Bonchev–Trinajstić information content (AvgIpc) is 3.40. The fourth-order valence-corrected chi connectivity index (χ4v) is 5.24. The molecule has 4 aromatic carbocycles. The molecule has 0 saturated carbocycles. The standard InChI is InChI=1S/C31H25ClFN3O5S/c1-18-34-31(41-36-18)28(15-19-3-5-20(6-4-19)23-9-13-27(33)26(32)17-23)35-30(38)25-16-22(10-14-29(25)37)21-7-11-24(12-8-21)42(2,39)40/h3-14,16-17,28,37H,15H2,1-2H3,(H,35,38)/t28-/m1/s1. The van der Waals surface area contributed by atoms with Gasteiger partial charge in [-0.15, -0.1) is 0 Å². The first-order valence-corrected chi connectivity index (χ1v) is 15.0. The predicted octanol–water partition coefficient (Wildman–Crippen LogP) is 6.33. The van der Waals surface area contributed by atoms with Crippen molar-refractivity contribution in [2.75, 3.05) is 6.26 Å². The first kappa shape index (κ1) is 29.0. The summed E-state index contributed by atoms with van der Waals surface area (Å²) < 4.78 is 42.6. The van der Waals surface area contributed by atoms with Crippen LogP contribution in [0.1, 0.15) is 33.7 Å². The van der Waals surface area contributed by atoms with Crippen molar-refractivity contribution in [1.82, 2.24) is 15.5 Å². The van der Waals surface area contributed by atoms with Crippen LogP contribution in [-0.4, -0.2) is 35.8 Å². The van der Waals surface area contributed by atoms with E-state index in [2.05, 4.69) is 15.5 Å². The topological polar surface area (TPSA) is 122 Å². The normalized spacial score (nSPS) is 12.2. The Morgan fingerprint density at radius 3 is 2.14 bits per heavy atom. The molecule has 2 N–H and O–H groups in total. The maximum absolute atomic E-state index is 13.6. The van der Waals surface area contributed by atoms with E-state index in [0.29, 0.717) is 23.4 Å². The number of aromatic hydroxyl groups is 1. The van der Waals surface area contributed by atoms with Crippen LogP contribution in [0, 0.1) is 12.7 Å².